The molecule has 0 aromatic heterocycles. The highest BCUT2D eigenvalue weighted by atomic mass is 32.2. The Morgan fingerprint density at radius 2 is 0.968 bits per heavy atom. The van der Waals surface area contributed by atoms with Gasteiger partial charge in [-0.05, 0) is 44.9 Å². The predicted octanol–water partition coefficient (Wildman–Crippen LogP) is 11.0. The molecular weight excluding hydrogens is 825 g/mol. The van der Waals surface area contributed by atoms with E-state index in [1.165, 1.54) is 128 Å². The van der Waals surface area contributed by atoms with Crippen molar-refractivity contribution < 1.29 is 56.8 Å². The molecule has 13 heteroatoms. The minimum absolute atomic E-state index is 0.149. The highest BCUT2D eigenvalue weighted by molar-refractivity contribution is 7.85. The summed E-state index contributed by atoms with van der Waals surface area (Å²) in [5.41, 5.74) is 0. The Morgan fingerprint density at radius 1 is 0.540 bits per heavy atom. The quantitative estimate of drug-likeness (QED) is 0.0197. The van der Waals surface area contributed by atoms with Crippen molar-refractivity contribution in [3.8, 4) is 0 Å². The molecule has 1 fully saturated rings. The Kier molecular flexibility index (Phi) is 37.5. The Balaban J connectivity index is 2.42. The first kappa shape index (κ1) is 58.9. The van der Waals surface area contributed by atoms with E-state index in [9.17, 15) is 37.9 Å². The van der Waals surface area contributed by atoms with Crippen LogP contribution in [0.25, 0.3) is 0 Å². The number of esters is 2. The highest BCUT2D eigenvalue weighted by Crippen LogP contribution is 2.24. The molecule has 0 aliphatic carbocycles. The monoisotopic (exact) mass is 915 g/mol. The Bertz CT molecular complexity index is 1300. The molecule has 1 aliphatic heterocycles. The van der Waals surface area contributed by atoms with Gasteiger partial charge in [0, 0.05) is 12.8 Å². The lowest BCUT2D eigenvalue weighted by Gasteiger charge is -2.40. The summed E-state index contributed by atoms with van der Waals surface area (Å²) in [6, 6.07) is 0. The minimum atomic E-state index is -4.61. The van der Waals surface area contributed by atoms with E-state index in [0.29, 0.717) is 19.3 Å². The molecule has 1 saturated heterocycles. The molecule has 0 bridgehead atoms. The van der Waals surface area contributed by atoms with Gasteiger partial charge in [0.25, 0.3) is 10.1 Å². The molecule has 1 heterocycles. The van der Waals surface area contributed by atoms with Crippen LogP contribution in [0.5, 0.6) is 0 Å². The number of allylic oxidation sites excluding steroid dienone is 6. The van der Waals surface area contributed by atoms with Gasteiger partial charge in [-0.25, -0.2) is 0 Å². The number of ether oxygens (including phenoxy) is 4. The van der Waals surface area contributed by atoms with E-state index in [1.807, 2.05) is 6.08 Å². The number of aliphatic hydroxyl groups is 3. The summed E-state index contributed by atoms with van der Waals surface area (Å²) in [4.78, 5) is 25.5. The average molecular weight is 915 g/mol. The molecule has 0 aromatic carbocycles. The van der Waals surface area contributed by atoms with Crippen molar-refractivity contribution >= 4 is 22.1 Å². The first-order valence-corrected chi connectivity index (χ1v) is 26.7. The summed E-state index contributed by atoms with van der Waals surface area (Å²) < 4.78 is 54.1. The maximum atomic E-state index is 12.9. The zero-order valence-electron chi connectivity index (χ0n) is 39.4. The van der Waals surface area contributed by atoms with Gasteiger partial charge in [0.05, 0.1) is 6.61 Å². The molecule has 1 aliphatic rings. The Labute approximate surface area is 382 Å². The lowest BCUT2D eigenvalue weighted by molar-refractivity contribution is -0.297. The number of carbonyl (C=O) groups excluding carboxylic acids is 2. The molecule has 0 saturated carbocycles. The van der Waals surface area contributed by atoms with E-state index >= 15 is 0 Å². The van der Waals surface area contributed by atoms with Crippen LogP contribution in [0.2, 0.25) is 0 Å². The lowest BCUT2D eigenvalue weighted by atomic mass is 10.00. The molecule has 0 amide bonds. The number of aliphatic hydroxyl groups excluding tert-OH is 3. The van der Waals surface area contributed by atoms with Crippen molar-refractivity contribution in [2.24, 2.45) is 0 Å². The molecule has 63 heavy (non-hydrogen) atoms. The van der Waals surface area contributed by atoms with E-state index in [-0.39, 0.29) is 19.4 Å². The molecular formula is C50H90O12S. The SMILES string of the molecule is CCCCCCCC/C=C/C/C=C/C/C=C/CCCC(=O)OC[C@H](CO[C@H]1O[C@H](CS(=O)(=O)O)[C@@H](O)C(O)C1O)OC(=O)CCCCCCCCCCCCCCCCCCCC. The van der Waals surface area contributed by atoms with Gasteiger partial charge in [0.1, 0.15) is 36.8 Å². The van der Waals surface area contributed by atoms with Gasteiger partial charge in [0.2, 0.25) is 0 Å². The first-order valence-electron chi connectivity index (χ1n) is 25.0. The summed E-state index contributed by atoms with van der Waals surface area (Å²) in [6.45, 7) is 3.74. The number of hydrogen-bond donors (Lipinski definition) is 4. The van der Waals surface area contributed by atoms with Crippen LogP contribution in [0.4, 0.5) is 0 Å². The molecule has 4 N–H and O–H groups in total. The summed E-state index contributed by atoms with van der Waals surface area (Å²) >= 11 is 0. The maximum Gasteiger partial charge on any atom is 0.306 e. The van der Waals surface area contributed by atoms with Crippen molar-refractivity contribution in [2.75, 3.05) is 19.0 Å². The minimum Gasteiger partial charge on any atom is -0.462 e. The average Bonchev–Trinajstić information content (AvgIpc) is 3.25. The van der Waals surface area contributed by atoms with Gasteiger partial charge in [-0.15, -0.1) is 0 Å². The largest absolute Gasteiger partial charge is 0.462 e. The molecule has 0 spiro atoms. The Morgan fingerprint density at radius 3 is 1.46 bits per heavy atom. The number of hydrogen-bond acceptors (Lipinski definition) is 11. The van der Waals surface area contributed by atoms with Gasteiger partial charge in [-0.3, -0.25) is 14.1 Å². The standard InChI is InChI=1S/C50H90O12S/c1-3-5-7-9-11-13-15-17-19-21-23-25-27-29-31-33-35-37-39-46(52)61-43(41-60-50-49(55)48(54)47(53)44(62-50)42-63(56,57)58)40-59-45(51)38-36-34-32-30-28-26-24-22-20-18-16-14-12-10-8-6-4-2/h18,20,24,26,30,32,43-44,47-50,53-55H,3-17,19,21-23,25,27-29,31,33-42H2,1-2H3,(H,56,57,58)/b20-18+,26-24+,32-30+/t43-,44-,47-,48?,49?,50+/m1/s1. The van der Waals surface area contributed by atoms with E-state index < -0.39 is 71.2 Å². The van der Waals surface area contributed by atoms with Crippen LogP contribution < -0.4 is 0 Å². The summed E-state index contributed by atoms with van der Waals surface area (Å²) in [7, 11) is -4.61. The van der Waals surface area contributed by atoms with Crippen LogP contribution in [0.1, 0.15) is 213 Å². The zero-order chi connectivity index (χ0) is 46.2. The third-order valence-electron chi connectivity index (χ3n) is 11.5. The normalized spacial score (nSPS) is 20.0. The summed E-state index contributed by atoms with van der Waals surface area (Å²) in [6.07, 6.45) is 37.6. The molecule has 368 valence electrons. The predicted molar refractivity (Wildman–Crippen MR) is 252 cm³/mol. The van der Waals surface area contributed by atoms with Gasteiger partial charge >= 0.3 is 11.9 Å². The van der Waals surface area contributed by atoms with Crippen LogP contribution in [0, 0.1) is 0 Å². The van der Waals surface area contributed by atoms with E-state index in [1.54, 1.807) is 0 Å². The van der Waals surface area contributed by atoms with Crippen molar-refractivity contribution in [1.82, 2.24) is 0 Å². The number of rotatable bonds is 42. The van der Waals surface area contributed by atoms with Gasteiger partial charge in [-0.1, -0.05) is 192 Å². The molecule has 6 atom stereocenters. The fourth-order valence-corrected chi connectivity index (χ4v) is 8.27. The van der Waals surface area contributed by atoms with Crippen LogP contribution in [-0.4, -0.2) is 96.0 Å². The van der Waals surface area contributed by atoms with E-state index in [2.05, 4.69) is 44.2 Å². The second kappa shape index (κ2) is 40.2. The van der Waals surface area contributed by atoms with Gasteiger partial charge in [-0.2, -0.15) is 8.42 Å². The smallest absolute Gasteiger partial charge is 0.306 e. The van der Waals surface area contributed by atoms with Crippen LogP contribution in [0.3, 0.4) is 0 Å². The molecule has 0 radical (unpaired) electrons. The van der Waals surface area contributed by atoms with Crippen molar-refractivity contribution in [1.29, 1.82) is 0 Å². The molecule has 2 unspecified atom stereocenters. The summed E-state index contributed by atoms with van der Waals surface area (Å²) in [5.74, 6) is -2.04. The van der Waals surface area contributed by atoms with Crippen molar-refractivity contribution in [3.63, 3.8) is 0 Å². The number of unbranched alkanes of at least 4 members (excludes halogenated alkanes) is 24. The molecule has 0 aromatic rings. The molecule has 1 rings (SSSR count). The van der Waals surface area contributed by atoms with Crippen LogP contribution in [-0.2, 0) is 38.7 Å². The van der Waals surface area contributed by atoms with Gasteiger partial charge < -0.3 is 34.3 Å². The molecule has 12 nitrogen and oxygen atoms in total. The topological polar surface area (TPSA) is 186 Å². The fourth-order valence-electron chi connectivity index (χ4n) is 7.58. The Hall–Kier alpha value is -2.13. The first-order chi connectivity index (χ1) is 30.5. The zero-order valence-corrected chi connectivity index (χ0v) is 40.2. The lowest BCUT2D eigenvalue weighted by Crippen LogP contribution is -2.60. The second-order valence-electron chi connectivity index (χ2n) is 17.5. The van der Waals surface area contributed by atoms with Crippen LogP contribution in [0.15, 0.2) is 36.5 Å². The van der Waals surface area contributed by atoms with E-state index in [4.69, 9.17) is 18.9 Å². The highest BCUT2D eigenvalue weighted by Gasteiger charge is 2.46. The summed E-state index contributed by atoms with van der Waals surface area (Å²) in [5, 5.41) is 30.9. The second-order valence-corrected chi connectivity index (χ2v) is 19.0. The fraction of sp³-hybridized carbons (Fsp3) is 0.840. The number of carbonyl (C=O) groups is 2. The third kappa shape index (κ3) is 34.8. The maximum absolute atomic E-state index is 12.9. The van der Waals surface area contributed by atoms with Crippen molar-refractivity contribution in [2.45, 2.75) is 250 Å². The third-order valence-corrected chi connectivity index (χ3v) is 12.2. The van der Waals surface area contributed by atoms with Crippen molar-refractivity contribution in [3.05, 3.63) is 36.5 Å². The van der Waals surface area contributed by atoms with Gasteiger partial charge in [0.15, 0.2) is 12.4 Å². The van der Waals surface area contributed by atoms with E-state index in [0.717, 1.165) is 38.5 Å². The van der Waals surface area contributed by atoms with Crippen LogP contribution >= 0.6 is 0 Å².